The number of hydrogen-bond donors (Lipinski definition) is 0. The average molecular weight is 282 g/mol. The third-order valence-electron chi connectivity index (χ3n) is 4.01. The van der Waals surface area contributed by atoms with Crippen molar-refractivity contribution in [3.8, 4) is 0 Å². The molecule has 1 saturated carbocycles. The van der Waals surface area contributed by atoms with Crippen LogP contribution in [0.25, 0.3) is 0 Å². The highest BCUT2D eigenvalue weighted by atomic mass is 35.5. The number of benzene rings is 1. The minimum atomic E-state index is -0.313. The minimum absolute atomic E-state index is 0.0131. The van der Waals surface area contributed by atoms with Gasteiger partial charge < -0.3 is 0 Å². The summed E-state index contributed by atoms with van der Waals surface area (Å²) < 4.78 is 0. The van der Waals surface area contributed by atoms with Crippen LogP contribution in [0.2, 0.25) is 0 Å². The molecule has 104 valence electrons. The molecule has 1 atom stereocenters. The zero-order valence-electron chi connectivity index (χ0n) is 11.1. The van der Waals surface area contributed by atoms with E-state index in [1.807, 2.05) is 12.1 Å². The second kappa shape index (κ2) is 6.90. The topological polar surface area (TPSA) is 43.1 Å². The van der Waals surface area contributed by atoms with E-state index in [0.29, 0.717) is 12.3 Å². The summed E-state index contributed by atoms with van der Waals surface area (Å²) in [5.41, 5.74) is 0.957. The van der Waals surface area contributed by atoms with E-state index in [9.17, 15) is 10.1 Å². The quantitative estimate of drug-likeness (QED) is 0.347. The molecule has 0 amide bonds. The fourth-order valence-electron chi connectivity index (χ4n) is 2.91. The lowest BCUT2D eigenvalue weighted by Crippen LogP contribution is -2.17. The minimum Gasteiger partial charge on any atom is -0.258 e. The van der Waals surface area contributed by atoms with Gasteiger partial charge in [0.25, 0.3) is 5.69 Å². The lowest BCUT2D eigenvalue weighted by atomic mass is 9.92. The smallest absolute Gasteiger partial charge is 0.258 e. The van der Waals surface area contributed by atoms with Gasteiger partial charge in [-0.05, 0) is 25.2 Å². The fraction of sp³-hybridized carbons (Fsp3) is 0.600. The molecule has 1 aromatic rings. The van der Waals surface area contributed by atoms with Gasteiger partial charge in [0.2, 0.25) is 0 Å². The van der Waals surface area contributed by atoms with Crippen molar-refractivity contribution in [2.24, 2.45) is 5.92 Å². The van der Waals surface area contributed by atoms with Crippen molar-refractivity contribution < 1.29 is 4.92 Å². The summed E-state index contributed by atoms with van der Waals surface area (Å²) in [5, 5.41) is 11.0. The lowest BCUT2D eigenvalue weighted by Gasteiger charge is -2.20. The molecule has 0 radical (unpaired) electrons. The Morgan fingerprint density at radius 2 is 1.84 bits per heavy atom. The Hall–Kier alpha value is -1.09. The van der Waals surface area contributed by atoms with Crippen LogP contribution in [-0.2, 0) is 6.42 Å². The van der Waals surface area contributed by atoms with Gasteiger partial charge in [-0.2, -0.15) is 0 Å². The van der Waals surface area contributed by atoms with Crippen LogP contribution in [-0.4, -0.2) is 10.3 Å². The zero-order chi connectivity index (χ0) is 13.7. The van der Waals surface area contributed by atoms with Gasteiger partial charge in [0.05, 0.1) is 4.92 Å². The number of halogens is 1. The van der Waals surface area contributed by atoms with Crippen molar-refractivity contribution in [2.45, 2.75) is 50.3 Å². The maximum atomic E-state index is 11.0. The molecule has 0 heterocycles. The van der Waals surface area contributed by atoms with Crippen molar-refractivity contribution in [1.29, 1.82) is 0 Å². The summed E-state index contributed by atoms with van der Waals surface area (Å²) in [5.74, 6) is 0.504. The van der Waals surface area contributed by atoms with Gasteiger partial charge in [0.1, 0.15) is 0 Å². The van der Waals surface area contributed by atoms with Gasteiger partial charge >= 0.3 is 0 Å². The Kier molecular flexibility index (Phi) is 5.20. The number of rotatable bonds is 4. The van der Waals surface area contributed by atoms with Crippen LogP contribution in [0.4, 0.5) is 5.69 Å². The largest absolute Gasteiger partial charge is 0.272 e. The van der Waals surface area contributed by atoms with E-state index in [-0.39, 0.29) is 16.0 Å². The van der Waals surface area contributed by atoms with Crippen molar-refractivity contribution in [2.75, 3.05) is 0 Å². The third-order valence-corrected chi connectivity index (χ3v) is 4.53. The van der Waals surface area contributed by atoms with Crippen molar-refractivity contribution in [1.82, 2.24) is 0 Å². The molecule has 1 aliphatic carbocycles. The molecule has 0 bridgehead atoms. The van der Waals surface area contributed by atoms with E-state index >= 15 is 0 Å². The number of nitrogens with zero attached hydrogens (tertiary/aromatic N) is 1. The maximum absolute atomic E-state index is 11.0. The predicted octanol–water partition coefficient (Wildman–Crippen LogP) is 4.72. The number of para-hydroxylation sites is 1. The van der Waals surface area contributed by atoms with Gasteiger partial charge in [-0.15, -0.1) is 11.6 Å². The molecule has 0 saturated heterocycles. The van der Waals surface area contributed by atoms with Crippen molar-refractivity contribution >= 4 is 17.3 Å². The summed E-state index contributed by atoms with van der Waals surface area (Å²) in [6.45, 7) is 0. The molecular formula is C15H20ClNO2. The standard InChI is InChI=1S/C15H20ClNO2/c16-14(12-7-3-1-2-4-8-12)11-13-9-5-6-10-15(13)17(18)19/h5-6,9-10,12,14H,1-4,7-8,11H2. The fourth-order valence-corrected chi connectivity index (χ4v) is 3.33. The molecular weight excluding hydrogens is 262 g/mol. The SMILES string of the molecule is O=[N+]([O-])c1ccccc1CC(Cl)C1CCCCCC1. The molecule has 1 aromatic carbocycles. The van der Waals surface area contributed by atoms with Crippen LogP contribution in [0.15, 0.2) is 24.3 Å². The molecule has 1 fully saturated rings. The summed E-state index contributed by atoms with van der Waals surface area (Å²) in [6, 6.07) is 6.94. The molecule has 0 aliphatic heterocycles. The molecule has 1 aliphatic rings. The van der Waals surface area contributed by atoms with E-state index in [1.165, 1.54) is 25.7 Å². The Morgan fingerprint density at radius 1 is 1.21 bits per heavy atom. The Labute approximate surface area is 119 Å². The van der Waals surface area contributed by atoms with Crippen LogP contribution in [0.5, 0.6) is 0 Å². The van der Waals surface area contributed by atoms with Crippen LogP contribution in [0.3, 0.4) is 0 Å². The summed E-state index contributed by atoms with van der Waals surface area (Å²) in [6.07, 6.45) is 8.00. The average Bonchev–Trinajstić information content (AvgIpc) is 2.68. The van der Waals surface area contributed by atoms with Crippen molar-refractivity contribution in [3.05, 3.63) is 39.9 Å². The highest BCUT2D eigenvalue weighted by molar-refractivity contribution is 6.21. The molecule has 0 spiro atoms. The van der Waals surface area contributed by atoms with Gasteiger partial charge in [-0.25, -0.2) is 0 Å². The van der Waals surface area contributed by atoms with Crippen LogP contribution in [0, 0.1) is 16.0 Å². The first-order valence-electron chi connectivity index (χ1n) is 7.05. The summed E-state index contributed by atoms with van der Waals surface area (Å²) in [4.78, 5) is 10.7. The van der Waals surface area contributed by atoms with Gasteiger partial charge in [-0.3, -0.25) is 10.1 Å². The van der Waals surface area contributed by atoms with Crippen LogP contribution >= 0.6 is 11.6 Å². The second-order valence-corrected chi connectivity index (χ2v) is 5.92. The molecule has 2 rings (SSSR count). The number of nitro benzene ring substituents is 1. The Balaban J connectivity index is 2.05. The Morgan fingerprint density at radius 3 is 2.47 bits per heavy atom. The van der Waals surface area contributed by atoms with E-state index in [2.05, 4.69) is 0 Å². The number of nitro groups is 1. The normalized spacial score (nSPS) is 18.8. The first kappa shape index (κ1) is 14.3. The maximum Gasteiger partial charge on any atom is 0.272 e. The molecule has 1 unspecified atom stereocenters. The Bertz CT molecular complexity index is 428. The van der Waals surface area contributed by atoms with Crippen LogP contribution in [0.1, 0.15) is 44.1 Å². The van der Waals surface area contributed by atoms with Gasteiger partial charge in [0, 0.05) is 17.0 Å². The van der Waals surface area contributed by atoms with Crippen molar-refractivity contribution in [3.63, 3.8) is 0 Å². The first-order chi connectivity index (χ1) is 9.18. The number of hydrogen-bond acceptors (Lipinski definition) is 2. The van der Waals surface area contributed by atoms with E-state index in [1.54, 1.807) is 12.1 Å². The lowest BCUT2D eigenvalue weighted by molar-refractivity contribution is -0.385. The molecule has 0 aromatic heterocycles. The van der Waals surface area contributed by atoms with Gasteiger partial charge in [0.15, 0.2) is 0 Å². The van der Waals surface area contributed by atoms with E-state index in [0.717, 1.165) is 18.4 Å². The molecule has 19 heavy (non-hydrogen) atoms. The molecule has 0 N–H and O–H groups in total. The summed E-state index contributed by atoms with van der Waals surface area (Å²) in [7, 11) is 0. The van der Waals surface area contributed by atoms with Crippen LogP contribution < -0.4 is 0 Å². The highest BCUT2D eigenvalue weighted by Crippen LogP contribution is 2.31. The monoisotopic (exact) mass is 281 g/mol. The first-order valence-corrected chi connectivity index (χ1v) is 7.48. The molecule has 4 heteroatoms. The van der Waals surface area contributed by atoms with E-state index in [4.69, 9.17) is 11.6 Å². The van der Waals surface area contributed by atoms with E-state index < -0.39 is 0 Å². The predicted molar refractivity (Wildman–Crippen MR) is 77.6 cm³/mol. The zero-order valence-corrected chi connectivity index (χ0v) is 11.8. The third kappa shape index (κ3) is 3.93. The highest BCUT2D eigenvalue weighted by Gasteiger charge is 2.23. The summed E-state index contributed by atoms with van der Waals surface area (Å²) >= 11 is 6.52. The molecule has 3 nitrogen and oxygen atoms in total. The second-order valence-electron chi connectivity index (χ2n) is 5.36. The number of alkyl halides is 1. The van der Waals surface area contributed by atoms with Gasteiger partial charge in [-0.1, -0.05) is 43.9 Å².